The molecule has 3 aromatic carbocycles. The lowest BCUT2D eigenvalue weighted by Crippen LogP contribution is -2.22. The number of nitrogens with one attached hydrogen (secondary N) is 1. The van der Waals surface area contributed by atoms with Crippen molar-refractivity contribution in [2.24, 2.45) is 0 Å². The molecule has 0 spiro atoms. The predicted octanol–water partition coefficient (Wildman–Crippen LogP) is 5.50. The first kappa shape index (κ1) is 18.1. The molecule has 0 aliphatic heterocycles. The maximum absolute atomic E-state index is 13.1. The third-order valence-corrected chi connectivity index (χ3v) is 5.45. The fraction of sp³-hybridized carbons (Fsp3) is 0.0833. The molecule has 0 aliphatic rings. The number of hydrogen-bond donors (Lipinski definition) is 1. The van der Waals surface area contributed by atoms with Gasteiger partial charge >= 0.3 is 0 Å². The topological polar surface area (TPSA) is 42.0 Å². The van der Waals surface area contributed by atoms with Gasteiger partial charge in [0.05, 0.1) is 5.92 Å². The SMILES string of the molecule is O=C(Nc1ncc(Cc2ccccc2)s1)C(c1ccccc1)c1ccccc1. The van der Waals surface area contributed by atoms with Gasteiger partial charge in [0.1, 0.15) is 0 Å². The van der Waals surface area contributed by atoms with E-state index in [4.69, 9.17) is 0 Å². The van der Waals surface area contributed by atoms with Crippen molar-refractivity contribution in [3.05, 3.63) is 119 Å². The standard InChI is InChI=1S/C24H20N2OS/c27-23(22(19-12-6-2-7-13-19)20-14-8-3-9-15-20)26-24-25-17-21(28-24)16-18-10-4-1-5-11-18/h1-15,17,22H,16H2,(H,25,26,27). The van der Waals surface area contributed by atoms with E-state index in [0.29, 0.717) is 5.13 Å². The van der Waals surface area contributed by atoms with Crippen LogP contribution in [0.5, 0.6) is 0 Å². The molecule has 0 atom stereocenters. The maximum Gasteiger partial charge on any atom is 0.238 e. The lowest BCUT2D eigenvalue weighted by molar-refractivity contribution is -0.116. The van der Waals surface area contributed by atoms with Crippen LogP contribution in [0.4, 0.5) is 5.13 Å². The van der Waals surface area contributed by atoms with Gasteiger partial charge in [0, 0.05) is 17.5 Å². The molecule has 0 saturated carbocycles. The van der Waals surface area contributed by atoms with E-state index >= 15 is 0 Å². The molecule has 4 rings (SSSR count). The number of aromatic nitrogens is 1. The van der Waals surface area contributed by atoms with Gasteiger partial charge in [-0.15, -0.1) is 11.3 Å². The van der Waals surface area contributed by atoms with Gasteiger partial charge in [-0.05, 0) is 16.7 Å². The molecule has 0 fully saturated rings. The fourth-order valence-corrected chi connectivity index (χ4v) is 4.06. The molecular weight excluding hydrogens is 364 g/mol. The van der Waals surface area contributed by atoms with Crippen molar-refractivity contribution in [2.75, 3.05) is 5.32 Å². The van der Waals surface area contributed by atoms with Gasteiger partial charge in [-0.3, -0.25) is 4.79 Å². The number of thiazole rings is 1. The number of carbonyl (C=O) groups is 1. The molecular formula is C24H20N2OS. The van der Waals surface area contributed by atoms with Crippen molar-refractivity contribution < 1.29 is 4.79 Å². The number of amides is 1. The Morgan fingerprint density at radius 2 is 1.36 bits per heavy atom. The van der Waals surface area contributed by atoms with E-state index in [1.807, 2.05) is 85.1 Å². The second-order valence-electron chi connectivity index (χ2n) is 6.54. The zero-order valence-electron chi connectivity index (χ0n) is 15.3. The van der Waals surface area contributed by atoms with Crippen molar-refractivity contribution in [1.82, 2.24) is 4.98 Å². The van der Waals surface area contributed by atoms with E-state index in [2.05, 4.69) is 22.4 Å². The van der Waals surface area contributed by atoms with Crippen molar-refractivity contribution in [3.63, 3.8) is 0 Å². The van der Waals surface area contributed by atoms with E-state index in [1.165, 1.54) is 16.9 Å². The van der Waals surface area contributed by atoms with Crippen LogP contribution in [0.25, 0.3) is 0 Å². The van der Waals surface area contributed by atoms with Crippen LogP contribution in [-0.2, 0) is 11.2 Å². The van der Waals surface area contributed by atoms with Crippen molar-refractivity contribution in [3.8, 4) is 0 Å². The molecule has 0 unspecified atom stereocenters. The van der Waals surface area contributed by atoms with Crippen LogP contribution in [0, 0.1) is 0 Å². The Bertz CT molecular complexity index is 990. The zero-order chi connectivity index (χ0) is 19.2. The quantitative estimate of drug-likeness (QED) is 0.477. The molecule has 0 saturated heterocycles. The highest BCUT2D eigenvalue weighted by atomic mass is 32.1. The van der Waals surface area contributed by atoms with Crippen molar-refractivity contribution >= 4 is 22.4 Å². The highest BCUT2D eigenvalue weighted by Crippen LogP contribution is 2.28. The third-order valence-electron chi connectivity index (χ3n) is 4.53. The van der Waals surface area contributed by atoms with Gasteiger partial charge in [-0.1, -0.05) is 91.0 Å². The molecule has 1 heterocycles. The van der Waals surface area contributed by atoms with Crippen LogP contribution in [0.15, 0.2) is 97.2 Å². The summed E-state index contributed by atoms with van der Waals surface area (Å²) >= 11 is 1.52. The summed E-state index contributed by atoms with van der Waals surface area (Å²) in [6.45, 7) is 0. The first-order valence-electron chi connectivity index (χ1n) is 9.19. The minimum Gasteiger partial charge on any atom is -0.301 e. The summed E-state index contributed by atoms with van der Waals surface area (Å²) in [5, 5.41) is 3.65. The Balaban J connectivity index is 1.54. The Kier molecular flexibility index (Phi) is 5.59. The van der Waals surface area contributed by atoms with Gasteiger partial charge in [0.2, 0.25) is 5.91 Å². The van der Waals surface area contributed by atoms with Crippen molar-refractivity contribution in [1.29, 1.82) is 0 Å². The highest BCUT2D eigenvalue weighted by molar-refractivity contribution is 7.15. The van der Waals surface area contributed by atoms with E-state index in [-0.39, 0.29) is 11.8 Å². The molecule has 0 radical (unpaired) electrons. The first-order chi connectivity index (χ1) is 13.8. The summed E-state index contributed by atoms with van der Waals surface area (Å²) in [5.74, 6) is -0.443. The minimum absolute atomic E-state index is 0.0713. The Morgan fingerprint density at radius 3 is 1.93 bits per heavy atom. The summed E-state index contributed by atoms with van der Waals surface area (Å²) < 4.78 is 0. The minimum atomic E-state index is -0.371. The molecule has 1 amide bonds. The lowest BCUT2D eigenvalue weighted by Gasteiger charge is -2.17. The van der Waals surface area contributed by atoms with Crippen LogP contribution >= 0.6 is 11.3 Å². The number of carbonyl (C=O) groups excluding carboxylic acids is 1. The summed E-state index contributed by atoms with van der Waals surface area (Å²) in [4.78, 5) is 18.7. The molecule has 3 nitrogen and oxygen atoms in total. The van der Waals surface area contributed by atoms with Crippen LogP contribution in [0.2, 0.25) is 0 Å². The Hall–Kier alpha value is -3.24. The van der Waals surface area contributed by atoms with Crippen LogP contribution in [-0.4, -0.2) is 10.9 Å². The monoisotopic (exact) mass is 384 g/mol. The molecule has 4 aromatic rings. The second kappa shape index (κ2) is 8.63. The van der Waals surface area contributed by atoms with Crippen LogP contribution < -0.4 is 5.32 Å². The van der Waals surface area contributed by atoms with E-state index in [1.54, 1.807) is 0 Å². The molecule has 1 aromatic heterocycles. The lowest BCUT2D eigenvalue weighted by atomic mass is 9.90. The fourth-order valence-electron chi connectivity index (χ4n) is 3.21. The number of benzene rings is 3. The van der Waals surface area contributed by atoms with Gasteiger partial charge < -0.3 is 5.32 Å². The summed E-state index contributed by atoms with van der Waals surface area (Å²) in [7, 11) is 0. The normalized spacial score (nSPS) is 10.8. The highest BCUT2D eigenvalue weighted by Gasteiger charge is 2.23. The van der Waals surface area contributed by atoms with Crippen molar-refractivity contribution in [2.45, 2.75) is 12.3 Å². The van der Waals surface area contributed by atoms with E-state index in [0.717, 1.165) is 22.4 Å². The smallest absolute Gasteiger partial charge is 0.238 e. The third kappa shape index (κ3) is 4.35. The number of nitrogens with zero attached hydrogens (tertiary/aromatic N) is 1. The zero-order valence-corrected chi connectivity index (χ0v) is 16.1. The molecule has 28 heavy (non-hydrogen) atoms. The van der Waals surface area contributed by atoms with Gasteiger partial charge in [-0.25, -0.2) is 4.98 Å². The summed E-state index contributed by atoms with van der Waals surface area (Å²) in [5.41, 5.74) is 3.16. The predicted molar refractivity (Wildman–Crippen MR) is 115 cm³/mol. The molecule has 4 heteroatoms. The van der Waals surface area contributed by atoms with E-state index < -0.39 is 0 Å². The first-order valence-corrected chi connectivity index (χ1v) is 10.0. The number of anilines is 1. The van der Waals surface area contributed by atoms with E-state index in [9.17, 15) is 4.79 Å². The molecule has 0 aliphatic carbocycles. The average molecular weight is 385 g/mol. The van der Waals surface area contributed by atoms with Crippen LogP contribution in [0.3, 0.4) is 0 Å². The molecule has 138 valence electrons. The average Bonchev–Trinajstić information content (AvgIpc) is 3.17. The molecule has 1 N–H and O–H groups in total. The Labute approximate surface area is 168 Å². The van der Waals surface area contributed by atoms with Gasteiger partial charge in [0.25, 0.3) is 0 Å². The number of rotatable bonds is 6. The maximum atomic E-state index is 13.1. The van der Waals surface area contributed by atoms with Gasteiger partial charge in [0.15, 0.2) is 5.13 Å². The Morgan fingerprint density at radius 1 is 0.821 bits per heavy atom. The summed E-state index contributed by atoms with van der Waals surface area (Å²) in [6.07, 6.45) is 2.66. The van der Waals surface area contributed by atoms with Crippen LogP contribution in [0.1, 0.15) is 27.5 Å². The summed E-state index contributed by atoms with van der Waals surface area (Å²) in [6, 6.07) is 30.0. The second-order valence-corrected chi connectivity index (χ2v) is 7.65. The van der Waals surface area contributed by atoms with Gasteiger partial charge in [-0.2, -0.15) is 0 Å². The number of hydrogen-bond acceptors (Lipinski definition) is 3. The molecule has 0 bridgehead atoms. The largest absolute Gasteiger partial charge is 0.301 e.